The van der Waals surface area contributed by atoms with Gasteiger partial charge in [0.15, 0.2) is 0 Å². The monoisotopic (exact) mass is 282 g/mol. The van der Waals surface area contributed by atoms with Crippen molar-refractivity contribution in [3.8, 4) is 0 Å². The number of nitrogens with zero attached hydrogens (tertiary/aromatic N) is 2. The average Bonchev–Trinajstić information content (AvgIpc) is 3.00. The van der Waals surface area contributed by atoms with Crippen molar-refractivity contribution in [1.29, 1.82) is 0 Å². The van der Waals surface area contributed by atoms with Crippen molar-refractivity contribution in [2.75, 3.05) is 5.32 Å². The summed E-state index contributed by atoms with van der Waals surface area (Å²) < 4.78 is 0. The first-order valence-corrected chi connectivity index (χ1v) is 7.38. The van der Waals surface area contributed by atoms with E-state index in [1.807, 2.05) is 6.07 Å². The first-order valence-electron chi connectivity index (χ1n) is 6.56. The Kier molecular flexibility index (Phi) is 2.44. The van der Waals surface area contributed by atoms with Gasteiger partial charge >= 0.3 is 0 Å². The lowest BCUT2D eigenvalue weighted by Gasteiger charge is -2.23. The van der Waals surface area contributed by atoms with Gasteiger partial charge in [-0.25, -0.2) is 4.99 Å². The third-order valence-electron chi connectivity index (χ3n) is 3.73. The van der Waals surface area contributed by atoms with Crippen LogP contribution in [0, 0.1) is 6.92 Å². The molecule has 0 spiro atoms. The quantitative estimate of drug-likeness (QED) is 0.844. The highest BCUT2D eigenvalue weighted by molar-refractivity contribution is 7.12. The average molecular weight is 282 g/mol. The van der Waals surface area contributed by atoms with Gasteiger partial charge in [0.05, 0.1) is 5.92 Å². The topological polar surface area (TPSA) is 62.8 Å². The summed E-state index contributed by atoms with van der Waals surface area (Å²) in [6, 6.07) is 12.6. The van der Waals surface area contributed by atoms with E-state index < -0.39 is 0 Å². The summed E-state index contributed by atoms with van der Waals surface area (Å²) in [5.74, 6) is 1.42. The number of amidine groups is 1. The second-order valence-corrected chi connectivity index (χ2v) is 6.39. The number of hydrogen-bond acceptors (Lipinski definition) is 5. The van der Waals surface area contributed by atoms with Crippen LogP contribution in [0.5, 0.6) is 0 Å². The molecule has 3 heterocycles. The maximum Gasteiger partial charge on any atom is 0.217 e. The number of nitrogens with one attached hydrogen (secondary N) is 1. The van der Waals surface area contributed by atoms with Gasteiger partial charge in [0.25, 0.3) is 0 Å². The summed E-state index contributed by atoms with van der Waals surface area (Å²) in [6.45, 7) is 2.11. The normalized spacial score (nSPS) is 23.4. The maximum absolute atomic E-state index is 5.89. The van der Waals surface area contributed by atoms with E-state index in [1.54, 1.807) is 11.3 Å². The molecule has 100 valence electrons. The van der Waals surface area contributed by atoms with Crippen LogP contribution in [0.2, 0.25) is 0 Å². The van der Waals surface area contributed by atoms with Crippen LogP contribution in [0.4, 0.5) is 5.69 Å². The van der Waals surface area contributed by atoms with Gasteiger partial charge in [-0.15, -0.1) is 11.3 Å². The van der Waals surface area contributed by atoms with Crippen LogP contribution in [-0.4, -0.2) is 11.8 Å². The molecule has 4 nitrogen and oxygen atoms in total. The lowest BCUT2D eigenvalue weighted by molar-refractivity contribution is 0.685. The zero-order valence-electron chi connectivity index (χ0n) is 11.0. The molecular formula is C15H14N4S. The number of anilines is 1. The minimum atomic E-state index is 0.0253. The van der Waals surface area contributed by atoms with E-state index in [2.05, 4.69) is 52.6 Å². The van der Waals surface area contributed by atoms with E-state index in [1.165, 1.54) is 15.3 Å². The number of rotatable bonds is 1. The molecule has 1 aromatic heterocycles. The van der Waals surface area contributed by atoms with Gasteiger partial charge in [-0.05, 0) is 30.7 Å². The number of nitrogens with two attached hydrogens (primary N) is 1. The van der Waals surface area contributed by atoms with Gasteiger partial charge in [-0.1, -0.05) is 18.2 Å². The lowest BCUT2D eigenvalue weighted by atomic mass is 9.91. The van der Waals surface area contributed by atoms with Crippen LogP contribution >= 0.6 is 11.3 Å². The lowest BCUT2D eigenvalue weighted by Crippen LogP contribution is -2.28. The molecule has 2 atom stereocenters. The van der Waals surface area contributed by atoms with E-state index in [-0.39, 0.29) is 12.0 Å². The zero-order valence-corrected chi connectivity index (χ0v) is 11.8. The van der Waals surface area contributed by atoms with Crippen LogP contribution in [0.15, 0.2) is 46.4 Å². The third-order valence-corrected chi connectivity index (χ3v) is 4.80. The third kappa shape index (κ3) is 1.67. The van der Waals surface area contributed by atoms with Crippen molar-refractivity contribution in [3.63, 3.8) is 0 Å². The predicted octanol–water partition coefficient (Wildman–Crippen LogP) is 3.03. The van der Waals surface area contributed by atoms with Crippen LogP contribution in [-0.2, 0) is 0 Å². The number of aryl methyl sites for hydroxylation is 1. The molecular weight excluding hydrogens is 268 g/mol. The molecule has 20 heavy (non-hydrogen) atoms. The number of guanidine groups is 1. The van der Waals surface area contributed by atoms with E-state index in [0.717, 1.165) is 11.5 Å². The van der Waals surface area contributed by atoms with Crippen molar-refractivity contribution in [2.24, 2.45) is 15.7 Å². The van der Waals surface area contributed by atoms with E-state index in [4.69, 9.17) is 5.73 Å². The Morgan fingerprint density at radius 2 is 2.05 bits per heavy atom. The minimum absolute atomic E-state index is 0.0253. The molecule has 2 aliphatic heterocycles. The fourth-order valence-electron chi connectivity index (χ4n) is 2.87. The molecule has 0 saturated heterocycles. The Hall–Kier alpha value is -2.14. The molecule has 0 radical (unpaired) electrons. The van der Waals surface area contributed by atoms with Crippen molar-refractivity contribution in [2.45, 2.75) is 18.9 Å². The highest BCUT2D eigenvalue weighted by Gasteiger charge is 2.39. The van der Waals surface area contributed by atoms with Crippen LogP contribution in [0.25, 0.3) is 0 Å². The summed E-state index contributed by atoms with van der Waals surface area (Å²) in [6.07, 6.45) is 0. The molecule has 4 rings (SSSR count). The number of thiophene rings is 1. The molecule has 0 saturated carbocycles. The predicted molar refractivity (Wildman–Crippen MR) is 83.7 cm³/mol. The Morgan fingerprint density at radius 3 is 2.85 bits per heavy atom. The largest absolute Gasteiger partial charge is 0.368 e. The fraction of sp³-hybridized carbons (Fsp3) is 0.200. The minimum Gasteiger partial charge on any atom is -0.368 e. The number of hydrogen-bond donors (Lipinski definition) is 2. The Morgan fingerprint density at radius 1 is 1.20 bits per heavy atom. The van der Waals surface area contributed by atoms with Gasteiger partial charge in [-0.2, -0.15) is 4.99 Å². The summed E-state index contributed by atoms with van der Waals surface area (Å²) in [4.78, 5) is 11.5. The van der Waals surface area contributed by atoms with Crippen LogP contribution in [0.3, 0.4) is 0 Å². The van der Waals surface area contributed by atoms with Crippen molar-refractivity contribution in [1.82, 2.24) is 0 Å². The summed E-state index contributed by atoms with van der Waals surface area (Å²) >= 11 is 1.77. The second kappa shape index (κ2) is 4.18. The van der Waals surface area contributed by atoms with Crippen molar-refractivity contribution < 1.29 is 0 Å². The standard InChI is InChI=1S/C15H14N4S/c1-8-6-7-11(20-8)13-12-9-4-2-3-5-10(9)17-14(12)19-15(16)18-13/h2-7,12-13H,1H3,(H3,16,17,18,19)/t12-,13+/m0/s1. The molecule has 2 aromatic rings. The molecule has 0 unspecified atom stereocenters. The van der Waals surface area contributed by atoms with Crippen molar-refractivity contribution in [3.05, 3.63) is 51.7 Å². The van der Waals surface area contributed by atoms with E-state index in [0.29, 0.717) is 5.96 Å². The van der Waals surface area contributed by atoms with Crippen LogP contribution in [0.1, 0.15) is 27.3 Å². The van der Waals surface area contributed by atoms with Gasteiger partial charge < -0.3 is 11.1 Å². The number of para-hydroxylation sites is 1. The fourth-order valence-corrected chi connectivity index (χ4v) is 3.83. The molecule has 5 heteroatoms. The molecule has 1 aromatic carbocycles. The summed E-state index contributed by atoms with van der Waals surface area (Å²) in [7, 11) is 0. The SMILES string of the molecule is Cc1ccc([C@H]2N=C(N)N=C3Nc4ccccc4[C@H]32)s1. The number of benzene rings is 1. The first-order chi connectivity index (χ1) is 9.72. The van der Waals surface area contributed by atoms with Crippen LogP contribution < -0.4 is 11.1 Å². The Balaban J connectivity index is 1.85. The Bertz CT molecular complexity index is 744. The van der Waals surface area contributed by atoms with E-state index in [9.17, 15) is 0 Å². The Labute approximate surface area is 121 Å². The molecule has 0 amide bonds. The first kappa shape index (κ1) is 11.7. The van der Waals surface area contributed by atoms with E-state index >= 15 is 0 Å². The van der Waals surface area contributed by atoms with Gasteiger partial charge in [0, 0.05) is 15.4 Å². The van der Waals surface area contributed by atoms with Gasteiger partial charge in [0.1, 0.15) is 11.9 Å². The highest BCUT2D eigenvalue weighted by Crippen LogP contribution is 2.46. The smallest absolute Gasteiger partial charge is 0.217 e. The molecule has 0 fully saturated rings. The molecule has 0 aliphatic carbocycles. The summed E-state index contributed by atoms with van der Waals surface area (Å²) in [5.41, 5.74) is 8.25. The molecule has 3 N–H and O–H groups in total. The van der Waals surface area contributed by atoms with Gasteiger partial charge in [0.2, 0.25) is 5.96 Å². The molecule has 2 aliphatic rings. The van der Waals surface area contributed by atoms with Crippen molar-refractivity contribution >= 4 is 28.8 Å². The number of fused-ring (bicyclic) bond motifs is 3. The maximum atomic E-state index is 5.89. The summed E-state index contributed by atoms with van der Waals surface area (Å²) in [5, 5.41) is 3.37. The highest BCUT2D eigenvalue weighted by atomic mass is 32.1. The zero-order chi connectivity index (χ0) is 13.7. The molecule has 0 bridgehead atoms. The number of aliphatic imine (C=N–C) groups is 2. The second-order valence-electron chi connectivity index (χ2n) is 5.07. The van der Waals surface area contributed by atoms with Gasteiger partial charge in [-0.3, -0.25) is 0 Å².